The van der Waals surface area contributed by atoms with Gasteiger partial charge in [-0.1, -0.05) is 53.5 Å². The maximum absolute atomic E-state index is 11.5. The van der Waals surface area contributed by atoms with E-state index in [0.29, 0.717) is 22.3 Å². The number of rotatable bonds is 5. The molecular formula is C14H12Cl2NO3+. The Morgan fingerprint density at radius 1 is 1.10 bits per heavy atom. The molecule has 20 heavy (non-hydrogen) atoms. The van der Waals surface area contributed by atoms with Gasteiger partial charge in [0.15, 0.2) is 7.11 Å². The molecular weight excluding hydrogens is 301 g/mol. The summed E-state index contributed by atoms with van der Waals surface area (Å²) in [6.45, 7) is 0.341. The summed E-state index contributed by atoms with van der Waals surface area (Å²) < 4.78 is 5.60. The van der Waals surface area contributed by atoms with Crippen LogP contribution in [0, 0.1) is 4.91 Å². The molecule has 0 fully saturated rings. The Morgan fingerprint density at radius 2 is 1.80 bits per heavy atom. The van der Waals surface area contributed by atoms with E-state index in [1.165, 1.54) is 19.2 Å². The molecule has 0 aliphatic carbocycles. The van der Waals surface area contributed by atoms with Crippen LogP contribution >= 0.6 is 23.2 Å². The fraction of sp³-hybridized carbons (Fsp3) is 0.143. The van der Waals surface area contributed by atoms with Crippen molar-refractivity contribution >= 4 is 28.9 Å². The lowest BCUT2D eigenvalue weighted by Gasteiger charge is -2.08. The van der Waals surface area contributed by atoms with Crippen LogP contribution in [0.15, 0.2) is 42.5 Å². The minimum atomic E-state index is 0.140. The van der Waals surface area contributed by atoms with Crippen LogP contribution in [0.25, 0.3) is 0 Å². The number of nitrogens with zero attached hydrogens (tertiary/aromatic N) is 1. The van der Waals surface area contributed by atoms with Gasteiger partial charge >= 0.3 is 5.69 Å². The number of hydrogen-bond acceptors (Lipinski definition) is 3. The van der Waals surface area contributed by atoms with Crippen LogP contribution < -0.4 is 4.74 Å². The van der Waals surface area contributed by atoms with Gasteiger partial charge in [-0.3, -0.25) is 0 Å². The van der Waals surface area contributed by atoms with Crippen molar-refractivity contribution in [2.45, 2.75) is 6.61 Å². The van der Waals surface area contributed by atoms with Crippen molar-refractivity contribution in [3.8, 4) is 5.75 Å². The van der Waals surface area contributed by atoms with Crippen molar-refractivity contribution in [1.29, 1.82) is 0 Å². The summed E-state index contributed by atoms with van der Waals surface area (Å²) >= 11 is 12.0. The second-order valence-electron chi connectivity index (χ2n) is 3.95. The standard InChI is InChI=1S/C14H12Cl2NO3/c1-19-17(18)13-8-14(12(16)7-11(13)15)20-9-10-5-3-2-4-6-10/h2-8H,9H2,1H3/q+1. The molecule has 0 heterocycles. The monoisotopic (exact) mass is 312 g/mol. The van der Waals surface area contributed by atoms with Gasteiger partial charge in [-0.25, -0.2) is 4.84 Å². The van der Waals surface area contributed by atoms with Crippen molar-refractivity contribution in [3.05, 3.63) is 63.0 Å². The summed E-state index contributed by atoms with van der Waals surface area (Å²) in [4.78, 5) is 16.4. The Labute approximate surface area is 126 Å². The molecule has 0 atom stereocenters. The summed E-state index contributed by atoms with van der Waals surface area (Å²) in [5.74, 6) is 0.368. The van der Waals surface area contributed by atoms with Gasteiger partial charge < -0.3 is 4.74 Å². The second kappa shape index (κ2) is 6.59. The van der Waals surface area contributed by atoms with Crippen LogP contribution in [0.2, 0.25) is 10.0 Å². The third-order valence-corrected chi connectivity index (χ3v) is 3.20. The Kier molecular flexibility index (Phi) is 4.82. The molecule has 0 aliphatic rings. The minimum Gasteiger partial charge on any atom is -0.487 e. The first kappa shape index (κ1) is 14.6. The van der Waals surface area contributed by atoms with Gasteiger partial charge in [0, 0.05) is 0 Å². The molecule has 0 radical (unpaired) electrons. The van der Waals surface area contributed by atoms with E-state index in [0.717, 1.165) is 5.56 Å². The third kappa shape index (κ3) is 3.40. The van der Waals surface area contributed by atoms with E-state index in [9.17, 15) is 4.91 Å². The normalized spacial score (nSPS) is 10.2. The minimum absolute atomic E-state index is 0.140. The van der Waals surface area contributed by atoms with E-state index in [2.05, 4.69) is 4.84 Å². The highest BCUT2D eigenvalue weighted by Crippen LogP contribution is 2.36. The Hall–Kier alpha value is -1.78. The van der Waals surface area contributed by atoms with Gasteiger partial charge in [0.1, 0.15) is 17.4 Å². The molecule has 6 heteroatoms. The number of benzene rings is 2. The molecule has 0 saturated carbocycles. The number of halogens is 2. The Morgan fingerprint density at radius 3 is 2.45 bits per heavy atom. The van der Waals surface area contributed by atoms with Crippen molar-refractivity contribution in [2.75, 3.05) is 7.11 Å². The van der Waals surface area contributed by atoms with Gasteiger partial charge in [-0.2, -0.15) is 0 Å². The zero-order valence-corrected chi connectivity index (χ0v) is 12.2. The SMILES string of the molecule is CO[N+](=O)c1cc(OCc2ccccc2)c(Cl)cc1Cl. The molecule has 0 saturated heterocycles. The lowest BCUT2D eigenvalue weighted by molar-refractivity contribution is -0.736. The molecule has 104 valence electrons. The van der Waals surface area contributed by atoms with Crippen molar-refractivity contribution < 1.29 is 14.5 Å². The Balaban J connectivity index is 2.21. The summed E-state index contributed by atoms with van der Waals surface area (Å²) in [5, 5.41) is 0.526. The molecule has 2 rings (SSSR count). The topological polar surface area (TPSA) is 38.5 Å². The summed E-state index contributed by atoms with van der Waals surface area (Å²) in [6, 6.07) is 12.5. The van der Waals surface area contributed by atoms with Gasteiger partial charge in [0.25, 0.3) is 4.92 Å². The average molecular weight is 313 g/mol. The first-order chi connectivity index (χ1) is 9.61. The van der Waals surface area contributed by atoms with E-state index in [-0.39, 0.29) is 10.7 Å². The highest BCUT2D eigenvalue weighted by molar-refractivity contribution is 6.36. The quantitative estimate of drug-likeness (QED) is 0.760. The first-order valence-corrected chi connectivity index (χ1v) is 6.54. The van der Waals surface area contributed by atoms with Crippen molar-refractivity contribution in [2.24, 2.45) is 0 Å². The van der Waals surface area contributed by atoms with E-state index < -0.39 is 0 Å². The van der Waals surface area contributed by atoms with Crippen LogP contribution in [0.5, 0.6) is 5.75 Å². The van der Waals surface area contributed by atoms with Crippen LogP contribution in [-0.2, 0) is 11.4 Å². The maximum Gasteiger partial charge on any atom is 0.338 e. The van der Waals surface area contributed by atoms with E-state index in [1.54, 1.807) is 0 Å². The van der Waals surface area contributed by atoms with Crippen molar-refractivity contribution in [1.82, 2.24) is 0 Å². The molecule has 0 bridgehead atoms. The highest BCUT2D eigenvalue weighted by atomic mass is 35.5. The van der Waals surface area contributed by atoms with Crippen LogP contribution in [-0.4, -0.2) is 12.0 Å². The fourth-order valence-corrected chi connectivity index (χ4v) is 2.11. The summed E-state index contributed by atoms with van der Waals surface area (Å²) in [5.41, 5.74) is 1.13. The van der Waals surface area contributed by atoms with Gasteiger partial charge in [-0.05, 0) is 11.6 Å². The molecule has 4 nitrogen and oxygen atoms in total. The molecule has 0 amide bonds. The fourth-order valence-electron chi connectivity index (χ4n) is 1.60. The number of hydrogen-bond donors (Lipinski definition) is 0. The maximum atomic E-state index is 11.5. The summed E-state index contributed by atoms with van der Waals surface area (Å²) in [6.07, 6.45) is 0. The first-order valence-electron chi connectivity index (χ1n) is 5.79. The van der Waals surface area contributed by atoms with Crippen LogP contribution in [0.1, 0.15) is 5.56 Å². The predicted molar refractivity (Wildman–Crippen MR) is 77.5 cm³/mol. The molecule has 0 aromatic heterocycles. The largest absolute Gasteiger partial charge is 0.487 e. The van der Waals surface area contributed by atoms with Gasteiger partial charge in [0.2, 0.25) is 0 Å². The average Bonchev–Trinajstić information content (AvgIpc) is 2.46. The lowest BCUT2D eigenvalue weighted by Crippen LogP contribution is -2.01. The van der Waals surface area contributed by atoms with E-state index in [4.69, 9.17) is 27.9 Å². The smallest absolute Gasteiger partial charge is 0.338 e. The lowest BCUT2D eigenvalue weighted by atomic mass is 10.2. The molecule has 2 aromatic rings. The van der Waals surface area contributed by atoms with Crippen LogP contribution in [0.3, 0.4) is 0 Å². The molecule has 0 spiro atoms. The third-order valence-electron chi connectivity index (χ3n) is 2.60. The van der Waals surface area contributed by atoms with Gasteiger partial charge in [0.05, 0.1) is 16.0 Å². The van der Waals surface area contributed by atoms with Crippen molar-refractivity contribution in [3.63, 3.8) is 0 Å². The molecule has 0 unspecified atom stereocenters. The van der Waals surface area contributed by atoms with E-state index in [1.807, 2.05) is 30.3 Å². The summed E-state index contributed by atoms with van der Waals surface area (Å²) in [7, 11) is 1.25. The highest BCUT2D eigenvalue weighted by Gasteiger charge is 2.23. The van der Waals surface area contributed by atoms with Gasteiger partial charge in [-0.15, -0.1) is 0 Å². The molecule has 2 aromatic carbocycles. The molecule has 0 N–H and O–H groups in total. The Bertz CT molecular complexity index is 617. The van der Waals surface area contributed by atoms with Crippen LogP contribution in [0.4, 0.5) is 5.69 Å². The number of ether oxygens (including phenoxy) is 1. The van der Waals surface area contributed by atoms with E-state index >= 15 is 0 Å². The zero-order chi connectivity index (χ0) is 14.5. The molecule has 0 aliphatic heterocycles. The zero-order valence-electron chi connectivity index (χ0n) is 10.7. The predicted octanol–water partition coefficient (Wildman–Crippen LogP) is 4.54. The second-order valence-corrected chi connectivity index (χ2v) is 4.76.